The number of carbonyl (C=O) groups is 2. The van der Waals surface area contributed by atoms with Gasteiger partial charge in [-0.3, -0.25) is 0 Å². The van der Waals surface area contributed by atoms with E-state index in [-0.39, 0.29) is 12.3 Å². The second kappa shape index (κ2) is 20.9. The van der Waals surface area contributed by atoms with Crippen molar-refractivity contribution < 1.29 is 19.1 Å². The van der Waals surface area contributed by atoms with Crippen molar-refractivity contribution in [3.63, 3.8) is 0 Å². The molecule has 0 radical (unpaired) electrons. The van der Waals surface area contributed by atoms with E-state index in [2.05, 4.69) is 61.4 Å². The van der Waals surface area contributed by atoms with E-state index in [9.17, 15) is 14.7 Å². The molecule has 2 N–H and O–H groups in total. The predicted octanol–water partition coefficient (Wildman–Crippen LogP) is 10.8. The summed E-state index contributed by atoms with van der Waals surface area (Å²) in [5, 5.41) is 12.3. The van der Waals surface area contributed by atoms with Gasteiger partial charge >= 0.3 is 227 Å². The molecular weight excluding hydrogens is 667 g/mol. The quantitative estimate of drug-likeness (QED) is 0.0931. The summed E-state index contributed by atoms with van der Waals surface area (Å²) >= 11 is -2.79. The van der Waals surface area contributed by atoms with Crippen LogP contribution in [0.25, 0.3) is 15.0 Å². The summed E-state index contributed by atoms with van der Waals surface area (Å²) in [7, 11) is 0. The zero-order valence-corrected chi connectivity index (χ0v) is 31.4. The number of aliphatic carboxylic acids is 1. The van der Waals surface area contributed by atoms with Crippen molar-refractivity contribution in [2.45, 2.75) is 143 Å². The molecule has 1 fully saturated rings. The van der Waals surface area contributed by atoms with Crippen molar-refractivity contribution in [2.24, 2.45) is 5.92 Å². The van der Waals surface area contributed by atoms with Gasteiger partial charge in [0.25, 0.3) is 0 Å². The average Bonchev–Trinajstić information content (AvgIpc) is 3.56. The fourth-order valence-corrected chi connectivity index (χ4v) is 24.2. The number of rotatable bonds is 22. The van der Waals surface area contributed by atoms with Gasteiger partial charge in [0, 0.05) is 0 Å². The van der Waals surface area contributed by atoms with Crippen molar-refractivity contribution in [1.82, 2.24) is 10.3 Å². The summed E-state index contributed by atoms with van der Waals surface area (Å²) in [5.41, 5.74) is 2.48. The van der Waals surface area contributed by atoms with Gasteiger partial charge in [-0.25, -0.2) is 0 Å². The summed E-state index contributed by atoms with van der Waals surface area (Å²) in [4.78, 5) is 28.5. The van der Waals surface area contributed by atoms with E-state index in [4.69, 9.17) is 4.42 Å². The Labute approximate surface area is 277 Å². The number of hydrogen-bond donors (Lipinski definition) is 2. The number of nitrogens with zero attached hydrogens (tertiary/aromatic N) is 1. The molecule has 2 aromatic rings. The number of benzene rings is 1. The summed E-state index contributed by atoms with van der Waals surface area (Å²) in [6, 6.07) is 8.58. The van der Waals surface area contributed by atoms with Crippen LogP contribution in [0.4, 0.5) is 0 Å². The van der Waals surface area contributed by atoms with Crippen molar-refractivity contribution in [2.75, 3.05) is 6.54 Å². The summed E-state index contributed by atoms with van der Waals surface area (Å²) in [5.74, 6) is 0.452. The molecule has 1 heterocycles. The molecule has 1 aromatic heterocycles. The van der Waals surface area contributed by atoms with Gasteiger partial charge in [-0.1, -0.05) is 44.9 Å². The van der Waals surface area contributed by atoms with E-state index < -0.39 is 24.3 Å². The average molecular weight is 728 g/mol. The first-order valence-corrected chi connectivity index (χ1v) is 25.7. The van der Waals surface area contributed by atoms with Crippen LogP contribution in [0.5, 0.6) is 0 Å². The molecule has 3 rings (SSSR count). The Bertz CT molecular complexity index is 1140. The van der Waals surface area contributed by atoms with Crippen LogP contribution in [0.3, 0.4) is 0 Å². The SMILES string of the molecule is CCC[CH2][Sn]([CH2]CCC)([CH2]CCC)/[C](=C/CCCC(=O)O)c1ccc(-c2nc(C(=O)NCCCCC3CCCCC3)co2)cc1. The molecule has 0 atom stereocenters. The molecule has 1 aromatic carbocycles. The molecule has 0 spiro atoms. The maximum absolute atomic E-state index is 12.8. The normalized spacial score (nSPS) is 14.5. The Morgan fingerprint density at radius 3 is 2.16 bits per heavy atom. The third-order valence-electron chi connectivity index (χ3n) is 9.77. The van der Waals surface area contributed by atoms with Crippen LogP contribution in [-0.2, 0) is 4.79 Å². The van der Waals surface area contributed by atoms with E-state index in [0.29, 0.717) is 24.6 Å². The molecule has 1 aliphatic carbocycles. The molecule has 0 saturated heterocycles. The Morgan fingerprint density at radius 2 is 1.56 bits per heavy atom. The molecule has 6 nitrogen and oxygen atoms in total. The van der Waals surface area contributed by atoms with E-state index in [1.165, 1.54) is 102 Å². The van der Waals surface area contributed by atoms with Crippen LogP contribution in [0.15, 0.2) is 41.0 Å². The Kier molecular flexibility index (Phi) is 17.4. The van der Waals surface area contributed by atoms with Gasteiger partial charge in [0.2, 0.25) is 0 Å². The molecule has 250 valence electrons. The van der Waals surface area contributed by atoms with Crippen LogP contribution in [-0.4, -0.2) is 46.9 Å². The number of allylic oxidation sites excluding steroid dienone is 1. The second-order valence-corrected chi connectivity index (χ2v) is 26.5. The number of nitrogens with one attached hydrogen (secondary N) is 1. The van der Waals surface area contributed by atoms with E-state index >= 15 is 0 Å². The van der Waals surface area contributed by atoms with Crippen LogP contribution in [0, 0.1) is 5.92 Å². The molecule has 0 bridgehead atoms. The van der Waals surface area contributed by atoms with E-state index in [0.717, 1.165) is 30.7 Å². The monoisotopic (exact) mass is 728 g/mol. The zero-order valence-electron chi connectivity index (χ0n) is 28.5. The second-order valence-electron chi connectivity index (χ2n) is 13.4. The number of carbonyl (C=O) groups excluding carboxylic acids is 1. The van der Waals surface area contributed by atoms with Gasteiger partial charge in [-0.15, -0.1) is 0 Å². The van der Waals surface area contributed by atoms with Crippen molar-refractivity contribution >= 4 is 33.8 Å². The minimum atomic E-state index is -2.79. The first-order valence-electron chi connectivity index (χ1n) is 18.2. The molecular formula is C38H60N2O4Sn. The van der Waals surface area contributed by atoms with Crippen molar-refractivity contribution in [3.05, 3.63) is 47.9 Å². The van der Waals surface area contributed by atoms with Crippen LogP contribution < -0.4 is 5.32 Å². The van der Waals surface area contributed by atoms with Crippen LogP contribution >= 0.6 is 0 Å². The number of carboxylic acids is 1. The molecule has 45 heavy (non-hydrogen) atoms. The molecule has 0 aliphatic heterocycles. The Hall–Kier alpha value is -2.09. The molecule has 7 heteroatoms. The third kappa shape index (κ3) is 12.6. The standard InChI is InChI=1S/C26H33N2O4.3C4H9.Sn/c29-24(30)13-6-2-5-11-21-14-16-22(17-15-21)26-28-23(19-32-26)25(31)27-18-8-7-12-20-9-3-1-4-10-20;3*1-3-4-2;/h5,14-17,19-20H,1-4,6-10,12-13,18H2,(H,27,31)(H,29,30);3*1,3-4H2,2H3;. The summed E-state index contributed by atoms with van der Waals surface area (Å²) < 4.78 is 11.4. The molecule has 1 saturated carbocycles. The first-order chi connectivity index (χ1) is 21.9. The molecule has 0 unspecified atom stereocenters. The zero-order chi connectivity index (χ0) is 32.3. The Morgan fingerprint density at radius 1 is 0.911 bits per heavy atom. The van der Waals surface area contributed by atoms with Crippen LogP contribution in [0.2, 0.25) is 13.3 Å². The number of unbranched alkanes of at least 4 members (excludes halogenated alkanes) is 5. The molecule has 1 aliphatic rings. The van der Waals surface area contributed by atoms with Gasteiger partial charge in [-0.05, 0) is 5.92 Å². The van der Waals surface area contributed by atoms with Gasteiger partial charge < -0.3 is 0 Å². The fraction of sp³-hybridized carbons (Fsp3) is 0.658. The summed E-state index contributed by atoms with van der Waals surface area (Å²) in [6.45, 7) is 7.56. The number of oxazole rings is 1. The van der Waals surface area contributed by atoms with Gasteiger partial charge in [0.15, 0.2) is 0 Å². The van der Waals surface area contributed by atoms with Gasteiger partial charge in [-0.2, -0.15) is 0 Å². The first kappa shape index (κ1) is 37.4. The third-order valence-corrected chi connectivity index (χ3v) is 25.7. The van der Waals surface area contributed by atoms with Crippen LogP contribution in [0.1, 0.15) is 146 Å². The number of amides is 1. The number of hydrogen-bond acceptors (Lipinski definition) is 4. The summed E-state index contributed by atoms with van der Waals surface area (Å²) in [6.07, 6.45) is 23.4. The predicted molar refractivity (Wildman–Crippen MR) is 189 cm³/mol. The number of aromatic nitrogens is 1. The minimum absolute atomic E-state index is 0.174. The fourth-order valence-electron chi connectivity index (χ4n) is 7.09. The topological polar surface area (TPSA) is 92.4 Å². The van der Waals surface area contributed by atoms with Gasteiger partial charge in [0.1, 0.15) is 0 Å². The van der Waals surface area contributed by atoms with E-state index in [1.54, 1.807) is 3.59 Å². The maximum atomic E-state index is 12.8. The van der Waals surface area contributed by atoms with Gasteiger partial charge in [0.05, 0.1) is 0 Å². The molecule has 1 amide bonds. The van der Waals surface area contributed by atoms with E-state index in [1.807, 2.05) is 0 Å². The van der Waals surface area contributed by atoms with Crippen molar-refractivity contribution in [1.29, 1.82) is 0 Å². The Balaban J connectivity index is 1.72. The van der Waals surface area contributed by atoms with Crippen molar-refractivity contribution in [3.8, 4) is 11.5 Å². The number of carboxylic acid groups (broad SMARTS) is 1.